The standard InChI is InChI=1S/C13H18N4O4/c1-13(18,8-16(2)3)7-14-12-15-10-6-9(17(19)20)4-5-11(10)21-12/h4-6,18H,7-8H2,1-3H3,(H,14,15). The van der Waals surface area contributed by atoms with Crippen molar-refractivity contribution < 1.29 is 14.4 Å². The Kier molecular flexibility index (Phi) is 4.10. The second-order valence-corrected chi connectivity index (χ2v) is 5.52. The molecule has 21 heavy (non-hydrogen) atoms. The van der Waals surface area contributed by atoms with Gasteiger partial charge < -0.3 is 19.7 Å². The van der Waals surface area contributed by atoms with Crippen LogP contribution in [0, 0.1) is 10.1 Å². The Hall–Kier alpha value is -2.19. The van der Waals surface area contributed by atoms with Crippen LogP contribution in [0.25, 0.3) is 11.1 Å². The number of hydrogen-bond acceptors (Lipinski definition) is 7. The predicted octanol–water partition coefficient (Wildman–Crippen LogP) is 1.46. The molecular weight excluding hydrogens is 276 g/mol. The van der Waals surface area contributed by atoms with E-state index in [9.17, 15) is 15.2 Å². The van der Waals surface area contributed by atoms with Gasteiger partial charge in [0.1, 0.15) is 5.52 Å². The van der Waals surface area contributed by atoms with Crippen LogP contribution in [-0.2, 0) is 0 Å². The minimum Gasteiger partial charge on any atom is -0.424 e. The lowest BCUT2D eigenvalue weighted by Gasteiger charge is -2.26. The van der Waals surface area contributed by atoms with E-state index in [0.717, 1.165) is 0 Å². The maximum absolute atomic E-state index is 10.7. The topological polar surface area (TPSA) is 105 Å². The summed E-state index contributed by atoms with van der Waals surface area (Å²) < 4.78 is 5.43. The molecule has 1 atom stereocenters. The molecule has 2 aromatic rings. The first kappa shape index (κ1) is 15.2. The molecule has 0 fully saturated rings. The van der Waals surface area contributed by atoms with E-state index in [2.05, 4.69) is 10.3 Å². The average molecular weight is 294 g/mol. The lowest BCUT2D eigenvalue weighted by atomic mass is 10.1. The number of nitrogens with zero attached hydrogens (tertiary/aromatic N) is 3. The van der Waals surface area contributed by atoms with Crippen LogP contribution in [0.3, 0.4) is 0 Å². The summed E-state index contributed by atoms with van der Waals surface area (Å²) >= 11 is 0. The molecule has 8 nitrogen and oxygen atoms in total. The Morgan fingerprint density at radius 3 is 2.86 bits per heavy atom. The molecule has 0 spiro atoms. The second kappa shape index (κ2) is 5.66. The van der Waals surface area contributed by atoms with Crippen molar-refractivity contribution in [1.82, 2.24) is 9.88 Å². The number of non-ortho nitro benzene ring substituents is 1. The maximum Gasteiger partial charge on any atom is 0.295 e. The van der Waals surface area contributed by atoms with Crippen LogP contribution in [0.15, 0.2) is 22.6 Å². The number of benzene rings is 1. The van der Waals surface area contributed by atoms with Crippen LogP contribution < -0.4 is 5.32 Å². The minimum atomic E-state index is -0.948. The van der Waals surface area contributed by atoms with Gasteiger partial charge in [-0.05, 0) is 27.1 Å². The zero-order valence-electron chi connectivity index (χ0n) is 12.2. The van der Waals surface area contributed by atoms with Gasteiger partial charge in [0, 0.05) is 25.2 Å². The third-order valence-corrected chi connectivity index (χ3v) is 2.86. The van der Waals surface area contributed by atoms with Gasteiger partial charge in [-0.3, -0.25) is 10.1 Å². The molecule has 1 heterocycles. The van der Waals surface area contributed by atoms with E-state index in [-0.39, 0.29) is 18.2 Å². The molecule has 114 valence electrons. The Morgan fingerprint density at radius 2 is 2.24 bits per heavy atom. The molecule has 0 aliphatic heterocycles. The summed E-state index contributed by atoms with van der Waals surface area (Å²) in [6.07, 6.45) is 0. The van der Waals surface area contributed by atoms with Crippen molar-refractivity contribution in [1.29, 1.82) is 0 Å². The van der Waals surface area contributed by atoms with Crippen LogP contribution in [0.2, 0.25) is 0 Å². The van der Waals surface area contributed by atoms with Gasteiger partial charge in [-0.25, -0.2) is 0 Å². The lowest BCUT2D eigenvalue weighted by Crippen LogP contribution is -2.43. The highest BCUT2D eigenvalue weighted by atomic mass is 16.6. The number of oxazole rings is 1. The van der Waals surface area contributed by atoms with E-state index < -0.39 is 10.5 Å². The van der Waals surface area contributed by atoms with Gasteiger partial charge in [-0.1, -0.05) is 0 Å². The lowest BCUT2D eigenvalue weighted by molar-refractivity contribution is -0.384. The zero-order chi connectivity index (χ0) is 15.6. The molecule has 1 unspecified atom stereocenters. The number of nitrogens with one attached hydrogen (secondary N) is 1. The summed E-state index contributed by atoms with van der Waals surface area (Å²) in [5.74, 6) is 0. The van der Waals surface area contributed by atoms with Crippen molar-refractivity contribution in [3.8, 4) is 0 Å². The maximum atomic E-state index is 10.7. The number of anilines is 1. The molecule has 0 saturated carbocycles. The fourth-order valence-corrected chi connectivity index (χ4v) is 2.11. The van der Waals surface area contributed by atoms with Crippen molar-refractivity contribution in [2.24, 2.45) is 0 Å². The first-order chi connectivity index (χ1) is 9.77. The Morgan fingerprint density at radius 1 is 1.52 bits per heavy atom. The highest BCUT2D eigenvalue weighted by Gasteiger charge is 2.22. The van der Waals surface area contributed by atoms with E-state index in [1.807, 2.05) is 19.0 Å². The summed E-state index contributed by atoms with van der Waals surface area (Å²) in [6.45, 7) is 2.43. The fraction of sp³-hybridized carbons (Fsp3) is 0.462. The van der Waals surface area contributed by atoms with Gasteiger partial charge in [-0.2, -0.15) is 4.98 Å². The summed E-state index contributed by atoms with van der Waals surface area (Å²) in [6, 6.07) is 4.44. The van der Waals surface area contributed by atoms with Crippen LogP contribution in [0.1, 0.15) is 6.92 Å². The molecule has 2 N–H and O–H groups in total. The van der Waals surface area contributed by atoms with Crippen LogP contribution in [0.4, 0.5) is 11.7 Å². The first-order valence-electron chi connectivity index (χ1n) is 6.43. The highest BCUT2D eigenvalue weighted by Crippen LogP contribution is 2.23. The summed E-state index contributed by atoms with van der Waals surface area (Å²) in [5, 5.41) is 23.8. The van der Waals surface area contributed by atoms with Crippen molar-refractivity contribution in [3.63, 3.8) is 0 Å². The van der Waals surface area contributed by atoms with Gasteiger partial charge in [-0.15, -0.1) is 0 Å². The normalized spacial score (nSPS) is 14.3. The molecule has 0 saturated heterocycles. The Bertz CT molecular complexity index is 651. The van der Waals surface area contributed by atoms with E-state index >= 15 is 0 Å². The van der Waals surface area contributed by atoms with Crippen molar-refractivity contribution in [2.75, 3.05) is 32.5 Å². The minimum absolute atomic E-state index is 0.0399. The van der Waals surface area contributed by atoms with Gasteiger partial charge in [0.25, 0.3) is 11.7 Å². The molecule has 0 radical (unpaired) electrons. The van der Waals surface area contributed by atoms with E-state index in [1.165, 1.54) is 18.2 Å². The van der Waals surface area contributed by atoms with Gasteiger partial charge in [0.15, 0.2) is 5.58 Å². The van der Waals surface area contributed by atoms with Crippen LogP contribution in [0.5, 0.6) is 0 Å². The smallest absolute Gasteiger partial charge is 0.295 e. The molecule has 1 aromatic heterocycles. The number of nitro benzene ring substituents is 1. The number of hydrogen-bond donors (Lipinski definition) is 2. The average Bonchev–Trinajstić information content (AvgIpc) is 2.76. The number of aliphatic hydroxyl groups is 1. The molecule has 8 heteroatoms. The number of rotatable bonds is 6. The van der Waals surface area contributed by atoms with E-state index in [1.54, 1.807) is 6.92 Å². The number of likely N-dealkylation sites (N-methyl/N-ethyl adjacent to an activating group) is 1. The second-order valence-electron chi connectivity index (χ2n) is 5.52. The molecule has 0 aliphatic carbocycles. The summed E-state index contributed by atoms with van der Waals surface area (Å²) in [7, 11) is 3.74. The number of fused-ring (bicyclic) bond motifs is 1. The van der Waals surface area contributed by atoms with Gasteiger partial charge in [0.05, 0.1) is 10.5 Å². The van der Waals surface area contributed by atoms with E-state index in [0.29, 0.717) is 17.6 Å². The molecule has 0 bridgehead atoms. The number of aromatic nitrogens is 1. The fourth-order valence-electron chi connectivity index (χ4n) is 2.11. The molecule has 2 rings (SSSR count). The van der Waals surface area contributed by atoms with Gasteiger partial charge >= 0.3 is 0 Å². The quantitative estimate of drug-likeness (QED) is 0.613. The zero-order valence-corrected chi connectivity index (χ0v) is 12.2. The summed E-state index contributed by atoms with van der Waals surface area (Å²) in [5.41, 5.74) is -0.132. The largest absolute Gasteiger partial charge is 0.424 e. The number of nitro groups is 1. The van der Waals surface area contributed by atoms with E-state index in [4.69, 9.17) is 4.42 Å². The van der Waals surface area contributed by atoms with Crippen LogP contribution in [-0.4, -0.2) is 52.7 Å². The van der Waals surface area contributed by atoms with Crippen molar-refractivity contribution in [3.05, 3.63) is 28.3 Å². The Labute approximate surface area is 121 Å². The van der Waals surface area contributed by atoms with Crippen molar-refractivity contribution >= 4 is 22.8 Å². The molecule has 1 aromatic carbocycles. The molecule has 0 amide bonds. The third-order valence-electron chi connectivity index (χ3n) is 2.86. The SMILES string of the molecule is CN(C)CC(C)(O)CNc1nc2cc([N+](=O)[O-])ccc2o1. The molecular formula is C13H18N4O4. The van der Waals surface area contributed by atoms with Crippen LogP contribution >= 0.6 is 0 Å². The first-order valence-corrected chi connectivity index (χ1v) is 6.43. The highest BCUT2D eigenvalue weighted by molar-refractivity contribution is 5.77. The molecule has 0 aliphatic rings. The summed E-state index contributed by atoms with van der Waals surface area (Å²) in [4.78, 5) is 16.2. The Balaban J connectivity index is 2.11. The van der Waals surface area contributed by atoms with Gasteiger partial charge in [0.2, 0.25) is 0 Å². The monoisotopic (exact) mass is 294 g/mol. The predicted molar refractivity (Wildman–Crippen MR) is 78.3 cm³/mol. The third kappa shape index (κ3) is 3.89. The van der Waals surface area contributed by atoms with Crippen molar-refractivity contribution in [2.45, 2.75) is 12.5 Å².